The van der Waals surface area contributed by atoms with Gasteiger partial charge < -0.3 is 5.32 Å². The Bertz CT molecular complexity index is 407. The van der Waals surface area contributed by atoms with E-state index in [2.05, 4.69) is 45.1 Å². The molecule has 16 heavy (non-hydrogen) atoms. The lowest BCUT2D eigenvalue weighted by atomic mass is 10.1. The minimum absolute atomic E-state index is 0.189. The van der Waals surface area contributed by atoms with Crippen LogP contribution < -0.4 is 5.32 Å². The largest absolute Gasteiger partial charge is 0.359 e. The molecule has 2 rings (SSSR count). The van der Waals surface area contributed by atoms with Crippen LogP contribution in [0.2, 0.25) is 0 Å². The number of nitrogens with one attached hydrogen (secondary N) is 1. The highest BCUT2D eigenvalue weighted by Gasteiger charge is 2.27. The van der Waals surface area contributed by atoms with Crippen LogP contribution in [0, 0.1) is 6.92 Å². The van der Waals surface area contributed by atoms with Gasteiger partial charge >= 0.3 is 0 Å². The van der Waals surface area contributed by atoms with Crippen molar-refractivity contribution in [3.8, 4) is 0 Å². The average Bonchev–Trinajstić information content (AvgIpc) is 2.73. The van der Waals surface area contributed by atoms with Gasteiger partial charge in [0.15, 0.2) is 5.17 Å². The summed E-state index contributed by atoms with van der Waals surface area (Å²) in [7, 11) is 0. The van der Waals surface area contributed by atoms with E-state index in [9.17, 15) is 0 Å². The van der Waals surface area contributed by atoms with E-state index in [1.54, 1.807) is 0 Å². The maximum atomic E-state index is 4.73. The SMILES string of the molecule is Cc1ccc(C(C)N=C2NC(C)(C)CS2)s1. The van der Waals surface area contributed by atoms with E-state index in [0.29, 0.717) is 0 Å². The van der Waals surface area contributed by atoms with Crippen molar-refractivity contribution >= 4 is 28.3 Å². The molecule has 0 aliphatic carbocycles. The lowest BCUT2D eigenvalue weighted by Gasteiger charge is -2.16. The van der Waals surface area contributed by atoms with E-state index in [4.69, 9.17) is 4.99 Å². The van der Waals surface area contributed by atoms with E-state index in [-0.39, 0.29) is 11.6 Å². The van der Waals surface area contributed by atoms with Crippen molar-refractivity contribution in [3.05, 3.63) is 21.9 Å². The molecule has 1 aliphatic heterocycles. The zero-order chi connectivity index (χ0) is 11.8. The van der Waals surface area contributed by atoms with Crippen molar-refractivity contribution in [3.63, 3.8) is 0 Å². The zero-order valence-corrected chi connectivity index (χ0v) is 11.8. The fourth-order valence-electron chi connectivity index (χ4n) is 1.60. The van der Waals surface area contributed by atoms with Crippen LogP contribution in [0.25, 0.3) is 0 Å². The molecule has 1 atom stereocenters. The number of hydrogen-bond acceptors (Lipinski definition) is 3. The molecule has 1 N–H and O–H groups in total. The molecule has 2 heterocycles. The van der Waals surface area contributed by atoms with Gasteiger partial charge in [-0.1, -0.05) is 11.8 Å². The standard InChI is InChI=1S/C12H18N2S2/c1-8-5-6-10(16-8)9(2)13-11-14-12(3,4)7-15-11/h5-6,9H,7H2,1-4H3,(H,13,14). The molecule has 1 saturated heterocycles. The van der Waals surface area contributed by atoms with Gasteiger partial charge in [0.05, 0.1) is 6.04 Å². The fourth-order valence-corrected chi connectivity index (χ4v) is 3.62. The highest BCUT2D eigenvalue weighted by Crippen LogP contribution is 2.28. The van der Waals surface area contributed by atoms with Crippen LogP contribution in [0.4, 0.5) is 0 Å². The fraction of sp³-hybridized carbons (Fsp3) is 0.583. The van der Waals surface area contributed by atoms with Gasteiger partial charge in [-0.05, 0) is 39.8 Å². The highest BCUT2D eigenvalue weighted by molar-refractivity contribution is 8.14. The summed E-state index contributed by atoms with van der Waals surface area (Å²) in [6.07, 6.45) is 0. The Balaban J connectivity index is 2.07. The molecule has 1 aromatic rings. The molecule has 0 amide bonds. The third-order valence-electron chi connectivity index (χ3n) is 2.50. The third-order valence-corrected chi connectivity index (χ3v) is 5.02. The first-order chi connectivity index (χ1) is 7.46. The Kier molecular flexibility index (Phi) is 3.31. The summed E-state index contributed by atoms with van der Waals surface area (Å²) in [5.74, 6) is 1.10. The van der Waals surface area contributed by atoms with Gasteiger partial charge in [-0.25, -0.2) is 0 Å². The van der Waals surface area contributed by atoms with Gasteiger partial charge in [0.2, 0.25) is 0 Å². The number of aliphatic imine (C=N–C) groups is 1. The van der Waals surface area contributed by atoms with Crippen molar-refractivity contribution in [1.29, 1.82) is 0 Å². The Morgan fingerprint density at radius 2 is 2.19 bits per heavy atom. The predicted molar refractivity (Wildman–Crippen MR) is 74.6 cm³/mol. The minimum Gasteiger partial charge on any atom is -0.359 e. The number of nitrogens with zero attached hydrogens (tertiary/aromatic N) is 1. The maximum absolute atomic E-state index is 4.73. The molecular formula is C12H18N2S2. The van der Waals surface area contributed by atoms with Crippen LogP contribution in [-0.4, -0.2) is 16.5 Å². The summed E-state index contributed by atoms with van der Waals surface area (Å²) < 4.78 is 0. The van der Waals surface area contributed by atoms with Crippen LogP contribution >= 0.6 is 23.1 Å². The molecule has 0 bridgehead atoms. The van der Waals surface area contributed by atoms with Gasteiger partial charge in [0.25, 0.3) is 0 Å². The molecule has 88 valence electrons. The van der Waals surface area contributed by atoms with Crippen molar-refractivity contribution in [2.24, 2.45) is 4.99 Å². The first-order valence-corrected chi connectivity index (χ1v) is 7.32. The molecule has 2 nitrogen and oxygen atoms in total. The number of thiophene rings is 1. The molecule has 0 aromatic carbocycles. The number of amidine groups is 1. The van der Waals surface area contributed by atoms with Crippen LogP contribution in [0.5, 0.6) is 0 Å². The van der Waals surface area contributed by atoms with Crippen molar-refractivity contribution in [2.45, 2.75) is 39.3 Å². The van der Waals surface area contributed by atoms with E-state index < -0.39 is 0 Å². The van der Waals surface area contributed by atoms with Gasteiger partial charge in [-0.15, -0.1) is 11.3 Å². The third kappa shape index (κ3) is 2.80. The topological polar surface area (TPSA) is 24.4 Å². The lowest BCUT2D eigenvalue weighted by molar-refractivity contribution is 0.535. The summed E-state index contributed by atoms with van der Waals surface area (Å²) in [6, 6.07) is 4.61. The normalized spacial score (nSPS) is 23.4. The second kappa shape index (κ2) is 4.41. The summed E-state index contributed by atoms with van der Waals surface area (Å²) >= 11 is 3.66. The molecule has 1 fully saturated rings. The average molecular weight is 254 g/mol. The number of aryl methyl sites for hydroxylation is 1. The van der Waals surface area contributed by atoms with Gasteiger partial charge in [-0.3, -0.25) is 4.99 Å². The van der Waals surface area contributed by atoms with E-state index in [0.717, 1.165) is 10.9 Å². The first-order valence-electron chi connectivity index (χ1n) is 5.51. The molecule has 0 spiro atoms. The number of thioether (sulfide) groups is 1. The molecular weight excluding hydrogens is 236 g/mol. The van der Waals surface area contributed by atoms with Crippen molar-refractivity contribution in [2.75, 3.05) is 5.75 Å². The first kappa shape index (κ1) is 12.0. The number of hydrogen-bond donors (Lipinski definition) is 1. The molecule has 4 heteroatoms. The second-order valence-electron chi connectivity index (χ2n) is 4.86. The highest BCUT2D eigenvalue weighted by atomic mass is 32.2. The van der Waals surface area contributed by atoms with E-state index >= 15 is 0 Å². The molecule has 0 radical (unpaired) electrons. The van der Waals surface area contributed by atoms with Crippen LogP contribution in [0.15, 0.2) is 17.1 Å². The maximum Gasteiger partial charge on any atom is 0.157 e. The van der Waals surface area contributed by atoms with Crippen molar-refractivity contribution < 1.29 is 0 Å². The lowest BCUT2D eigenvalue weighted by Crippen LogP contribution is -2.36. The Morgan fingerprint density at radius 3 is 2.69 bits per heavy atom. The molecule has 0 saturated carbocycles. The predicted octanol–water partition coefficient (Wildman–Crippen LogP) is 3.59. The molecule has 1 aliphatic rings. The Morgan fingerprint density at radius 1 is 1.44 bits per heavy atom. The second-order valence-corrected chi connectivity index (χ2v) is 7.14. The molecule has 1 aromatic heterocycles. The Labute approximate surface area is 106 Å². The van der Waals surface area contributed by atoms with Gasteiger partial charge in [-0.2, -0.15) is 0 Å². The number of rotatable bonds is 2. The quantitative estimate of drug-likeness (QED) is 0.872. The summed E-state index contributed by atoms with van der Waals surface area (Å²) in [5.41, 5.74) is 0.189. The minimum atomic E-state index is 0.189. The van der Waals surface area contributed by atoms with Crippen molar-refractivity contribution in [1.82, 2.24) is 5.32 Å². The zero-order valence-electron chi connectivity index (χ0n) is 10.2. The summed E-state index contributed by atoms with van der Waals surface area (Å²) in [4.78, 5) is 7.43. The molecule has 1 unspecified atom stereocenters. The monoisotopic (exact) mass is 254 g/mol. The van der Waals surface area contributed by atoms with Crippen LogP contribution in [0.3, 0.4) is 0 Å². The Hall–Kier alpha value is -0.480. The van der Waals surface area contributed by atoms with E-state index in [1.807, 2.05) is 23.1 Å². The van der Waals surface area contributed by atoms with Crippen LogP contribution in [-0.2, 0) is 0 Å². The van der Waals surface area contributed by atoms with E-state index in [1.165, 1.54) is 9.75 Å². The van der Waals surface area contributed by atoms with Gasteiger partial charge in [0, 0.05) is 21.0 Å². The summed E-state index contributed by atoms with van der Waals surface area (Å²) in [6.45, 7) is 8.72. The van der Waals surface area contributed by atoms with Gasteiger partial charge in [0.1, 0.15) is 0 Å². The smallest absolute Gasteiger partial charge is 0.157 e. The summed E-state index contributed by atoms with van der Waals surface area (Å²) in [5, 5.41) is 4.54. The van der Waals surface area contributed by atoms with Crippen LogP contribution in [0.1, 0.15) is 36.6 Å².